The lowest BCUT2D eigenvalue weighted by Crippen LogP contribution is -2.34. The first kappa shape index (κ1) is 17.6. The topological polar surface area (TPSA) is 21.7 Å². The average molecular weight is 351 g/mol. The molecule has 0 radical (unpaired) electrons. The molecule has 3 nitrogen and oxygen atoms in total. The SMILES string of the molecule is COc1cc2c(cc1OC)[C@H](c1ccccc1C(F)(F)F)N(C)CC2. The van der Waals surface area contributed by atoms with Crippen LogP contribution in [0.15, 0.2) is 36.4 Å². The third-order valence-corrected chi connectivity index (χ3v) is 4.68. The van der Waals surface area contributed by atoms with Crippen LogP contribution in [0.4, 0.5) is 13.2 Å². The van der Waals surface area contributed by atoms with E-state index in [9.17, 15) is 13.2 Å². The van der Waals surface area contributed by atoms with Crippen molar-refractivity contribution >= 4 is 0 Å². The first-order valence-corrected chi connectivity index (χ1v) is 7.98. The van der Waals surface area contributed by atoms with E-state index in [1.54, 1.807) is 25.3 Å². The fourth-order valence-electron chi connectivity index (χ4n) is 3.47. The van der Waals surface area contributed by atoms with Gasteiger partial charge < -0.3 is 9.47 Å². The van der Waals surface area contributed by atoms with Gasteiger partial charge in [0.05, 0.1) is 25.8 Å². The van der Waals surface area contributed by atoms with E-state index in [0.717, 1.165) is 23.6 Å². The number of halogens is 3. The van der Waals surface area contributed by atoms with E-state index in [2.05, 4.69) is 0 Å². The molecular weight excluding hydrogens is 331 g/mol. The van der Waals surface area contributed by atoms with E-state index in [4.69, 9.17) is 9.47 Å². The maximum atomic E-state index is 13.5. The number of alkyl halides is 3. The zero-order valence-corrected chi connectivity index (χ0v) is 14.4. The molecule has 0 aliphatic carbocycles. The molecule has 0 unspecified atom stereocenters. The Balaban J connectivity index is 2.20. The molecule has 0 N–H and O–H groups in total. The molecule has 0 amide bonds. The zero-order chi connectivity index (χ0) is 18.2. The molecule has 0 aromatic heterocycles. The highest BCUT2D eigenvalue weighted by molar-refractivity contribution is 5.52. The van der Waals surface area contributed by atoms with Crippen LogP contribution in [-0.4, -0.2) is 32.7 Å². The highest BCUT2D eigenvalue weighted by Gasteiger charge is 2.38. The summed E-state index contributed by atoms with van der Waals surface area (Å²) < 4.78 is 51.2. The van der Waals surface area contributed by atoms with Gasteiger partial charge in [-0.15, -0.1) is 0 Å². The standard InChI is InChI=1S/C19H20F3NO2/c1-23-9-8-12-10-16(24-2)17(25-3)11-14(12)18(23)13-6-4-5-7-15(13)19(20,21)22/h4-7,10-11,18H,8-9H2,1-3H3/t18-/m0/s1. The van der Waals surface area contributed by atoms with Crippen molar-refractivity contribution in [3.05, 3.63) is 58.7 Å². The molecule has 134 valence electrons. The van der Waals surface area contributed by atoms with Gasteiger partial charge in [0.2, 0.25) is 0 Å². The summed E-state index contributed by atoms with van der Waals surface area (Å²) in [5, 5.41) is 0. The Hall–Kier alpha value is -2.21. The number of hydrogen-bond acceptors (Lipinski definition) is 3. The van der Waals surface area contributed by atoms with Gasteiger partial charge in [0.1, 0.15) is 0 Å². The Morgan fingerprint density at radius 3 is 2.28 bits per heavy atom. The van der Waals surface area contributed by atoms with Crippen molar-refractivity contribution in [1.82, 2.24) is 4.90 Å². The molecule has 0 spiro atoms. The van der Waals surface area contributed by atoms with Gasteiger partial charge in [-0.3, -0.25) is 4.90 Å². The number of fused-ring (bicyclic) bond motifs is 1. The van der Waals surface area contributed by atoms with E-state index in [1.165, 1.54) is 13.2 Å². The minimum atomic E-state index is -4.40. The lowest BCUT2D eigenvalue weighted by Gasteiger charge is -2.36. The number of nitrogens with zero attached hydrogens (tertiary/aromatic N) is 1. The van der Waals surface area contributed by atoms with Crippen LogP contribution in [0.1, 0.15) is 28.3 Å². The monoisotopic (exact) mass is 351 g/mol. The van der Waals surface area contributed by atoms with Crippen molar-refractivity contribution in [3.8, 4) is 11.5 Å². The molecule has 3 rings (SSSR count). The first-order chi connectivity index (χ1) is 11.9. The molecule has 0 saturated heterocycles. The Morgan fingerprint density at radius 1 is 1.00 bits per heavy atom. The second-order valence-corrected chi connectivity index (χ2v) is 6.12. The fourth-order valence-corrected chi connectivity index (χ4v) is 3.47. The Bertz CT molecular complexity index is 774. The molecule has 0 bridgehead atoms. The van der Waals surface area contributed by atoms with E-state index >= 15 is 0 Å². The molecule has 1 aliphatic heterocycles. The highest BCUT2D eigenvalue weighted by atomic mass is 19.4. The Kier molecular flexibility index (Phi) is 4.64. The average Bonchev–Trinajstić information content (AvgIpc) is 2.59. The maximum absolute atomic E-state index is 13.5. The molecule has 1 heterocycles. The van der Waals surface area contributed by atoms with Gasteiger partial charge in [0.15, 0.2) is 11.5 Å². The summed E-state index contributed by atoms with van der Waals surface area (Å²) in [5.74, 6) is 1.11. The van der Waals surface area contributed by atoms with E-state index < -0.39 is 17.8 Å². The quantitative estimate of drug-likeness (QED) is 0.823. The predicted octanol–water partition coefficient (Wildman–Crippen LogP) is 4.30. The van der Waals surface area contributed by atoms with E-state index in [0.29, 0.717) is 18.0 Å². The van der Waals surface area contributed by atoms with Crippen molar-refractivity contribution in [2.75, 3.05) is 27.8 Å². The molecule has 2 aromatic rings. The van der Waals surface area contributed by atoms with Crippen LogP contribution >= 0.6 is 0 Å². The van der Waals surface area contributed by atoms with Crippen molar-refractivity contribution in [2.24, 2.45) is 0 Å². The number of hydrogen-bond donors (Lipinski definition) is 0. The second-order valence-electron chi connectivity index (χ2n) is 6.12. The van der Waals surface area contributed by atoms with Gasteiger partial charge in [-0.1, -0.05) is 18.2 Å². The van der Waals surface area contributed by atoms with Crippen LogP contribution < -0.4 is 9.47 Å². The molecule has 6 heteroatoms. The zero-order valence-electron chi connectivity index (χ0n) is 14.4. The van der Waals surface area contributed by atoms with Crippen molar-refractivity contribution in [3.63, 3.8) is 0 Å². The minimum Gasteiger partial charge on any atom is -0.493 e. The van der Waals surface area contributed by atoms with E-state index in [1.807, 2.05) is 18.0 Å². The van der Waals surface area contributed by atoms with Gasteiger partial charge in [-0.2, -0.15) is 13.2 Å². The van der Waals surface area contributed by atoms with Crippen molar-refractivity contribution in [1.29, 1.82) is 0 Å². The Morgan fingerprint density at radius 2 is 1.64 bits per heavy atom. The number of benzene rings is 2. The molecular formula is C19H20F3NO2. The summed E-state index contributed by atoms with van der Waals surface area (Å²) >= 11 is 0. The smallest absolute Gasteiger partial charge is 0.416 e. The number of ether oxygens (including phenoxy) is 2. The van der Waals surface area contributed by atoms with Crippen LogP contribution in [0.5, 0.6) is 11.5 Å². The molecule has 0 fully saturated rings. The maximum Gasteiger partial charge on any atom is 0.416 e. The molecule has 2 aromatic carbocycles. The molecule has 0 saturated carbocycles. The van der Waals surface area contributed by atoms with Gasteiger partial charge in [0, 0.05) is 6.54 Å². The first-order valence-electron chi connectivity index (χ1n) is 7.98. The normalized spacial score (nSPS) is 17.9. The molecule has 1 atom stereocenters. The summed E-state index contributed by atoms with van der Waals surface area (Å²) in [5.41, 5.74) is 1.46. The summed E-state index contributed by atoms with van der Waals surface area (Å²) in [4.78, 5) is 1.94. The van der Waals surface area contributed by atoms with Crippen LogP contribution in [0, 0.1) is 0 Å². The van der Waals surface area contributed by atoms with Gasteiger partial charge in [-0.25, -0.2) is 0 Å². The highest BCUT2D eigenvalue weighted by Crippen LogP contribution is 2.44. The van der Waals surface area contributed by atoms with Crippen LogP contribution in [-0.2, 0) is 12.6 Å². The van der Waals surface area contributed by atoms with Crippen LogP contribution in [0.25, 0.3) is 0 Å². The third-order valence-electron chi connectivity index (χ3n) is 4.68. The van der Waals surface area contributed by atoms with Gasteiger partial charge >= 0.3 is 6.18 Å². The second kappa shape index (κ2) is 6.59. The minimum absolute atomic E-state index is 0.255. The van der Waals surface area contributed by atoms with Crippen molar-refractivity contribution < 1.29 is 22.6 Å². The third kappa shape index (κ3) is 3.18. The summed E-state index contributed by atoms with van der Waals surface area (Å²) in [6.45, 7) is 0.666. The van der Waals surface area contributed by atoms with Crippen LogP contribution in [0.2, 0.25) is 0 Å². The molecule has 25 heavy (non-hydrogen) atoms. The lowest BCUT2D eigenvalue weighted by atomic mass is 9.86. The van der Waals surface area contributed by atoms with Crippen LogP contribution in [0.3, 0.4) is 0 Å². The predicted molar refractivity (Wildman–Crippen MR) is 89.2 cm³/mol. The lowest BCUT2D eigenvalue weighted by molar-refractivity contribution is -0.138. The number of likely N-dealkylation sites (N-methyl/N-ethyl adjacent to an activating group) is 1. The fraction of sp³-hybridized carbons (Fsp3) is 0.368. The molecule has 1 aliphatic rings. The van der Waals surface area contributed by atoms with Crippen molar-refractivity contribution in [2.45, 2.75) is 18.6 Å². The summed E-state index contributed by atoms with van der Waals surface area (Å²) in [6, 6.07) is 8.93. The van der Waals surface area contributed by atoms with Gasteiger partial charge in [0.25, 0.3) is 0 Å². The Labute approximate surface area is 145 Å². The summed E-state index contributed by atoms with van der Waals surface area (Å²) in [6.07, 6.45) is -3.65. The van der Waals surface area contributed by atoms with E-state index in [-0.39, 0.29) is 5.56 Å². The largest absolute Gasteiger partial charge is 0.493 e. The summed E-state index contributed by atoms with van der Waals surface area (Å²) in [7, 11) is 4.92. The number of methoxy groups -OCH3 is 2. The van der Waals surface area contributed by atoms with Gasteiger partial charge in [-0.05, 0) is 48.4 Å². The number of rotatable bonds is 3.